The highest BCUT2D eigenvalue weighted by molar-refractivity contribution is 7.90. The van der Waals surface area contributed by atoms with Gasteiger partial charge in [0.2, 0.25) is 0 Å². The SMILES string of the molecule is COc1ccc([N+](=O)[O-])cc1C(=O)Nc1cccc(S(=O)(=O)N=C2CCCN2C)c1. The fourth-order valence-electron chi connectivity index (χ4n) is 3.02. The van der Waals surface area contributed by atoms with Gasteiger partial charge in [-0.3, -0.25) is 14.9 Å². The third-order valence-corrected chi connectivity index (χ3v) is 5.89. The van der Waals surface area contributed by atoms with Crippen molar-refractivity contribution in [3.05, 3.63) is 58.1 Å². The topological polar surface area (TPSA) is 131 Å². The Labute approximate surface area is 173 Å². The van der Waals surface area contributed by atoms with Crippen LogP contribution in [0.5, 0.6) is 5.75 Å². The molecule has 1 aliphatic rings. The first-order chi connectivity index (χ1) is 14.2. The first-order valence-corrected chi connectivity index (χ1v) is 10.4. The zero-order valence-corrected chi connectivity index (χ0v) is 17.2. The number of nitrogens with zero attached hydrogens (tertiary/aromatic N) is 3. The van der Waals surface area contributed by atoms with Gasteiger partial charge in [-0.2, -0.15) is 8.42 Å². The largest absolute Gasteiger partial charge is 0.496 e. The summed E-state index contributed by atoms with van der Waals surface area (Å²) in [5.41, 5.74) is -0.115. The molecule has 1 heterocycles. The number of nitro groups is 1. The molecule has 0 saturated carbocycles. The lowest BCUT2D eigenvalue weighted by Gasteiger charge is -2.12. The number of rotatable bonds is 6. The van der Waals surface area contributed by atoms with Gasteiger partial charge in [-0.1, -0.05) is 6.07 Å². The average molecular weight is 432 g/mol. The van der Waals surface area contributed by atoms with Gasteiger partial charge < -0.3 is 15.0 Å². The number of ether oxygens (including phenoxy) is 1. The van der Waals surface area contributed by atoms with E-state index in [1.807, 2.05) is 0 Å². The highest BCUT2D eigenvalue weighted by Crippen LogP contribution is 2.26. The Kier molecular flexibility index (Phi) is 6.01. The third kappa shape index (κ3) is 4.57. The van der Waals surface area contributed by atoms with E-state index in [9.17, 15) is 23.3 Å². The van der Waals surface area contributed by atoms with Gasteiger partial charge >= 0.3 is 0 Å². The number of carbonyl (C=O) groups excluding carboxylic acids is 1. The summed E-state index contributed by atoms with van der Waals surface area (Å²) in [5, 5.41) is 13.6. The normalized spacial score (nSPS) is 15.3. The smallest absolute Gasteiger partial charge is 0.284 e. The van der Waals surface area contributed by atoms with E-state index < -0.39 is 20.9 Å². The summed E-state index contributed by atoms with van der Waals surface area (Å²) in [6.45, 7) is 0.746. The molecular weight excluding hydrogens is 412 g/mol. The molecule has 0 unspecified atom stereocenters. The number of hydrogen-bond acceptors (Lipinski definition) is 6. The van der Waals surface area contributed by atoms with Crippen LogP contribution in [0, 0.1) is 10.1 Å². The molecule has 1 saturated heterocycles. The van der Waals surface area contributed by atoms with Crippen LogP contribution in [0.3, 0.4) is 0 Å². The molecule has 1 amide bonds. The van der Waals surface area contributed by atoms with Crippen molar-refractivity contribution in [2.75, 3.05) is 26.0 Å². The number of hydrogen-bond donors (Lipinski definition) is 1. The molecule has 3 rings (SSSR count). The van der Waals surface area contributed by atoms with Crippen LogP contribution in [0.2, 0.25) is 0 Å². The number of likely N-dealkylation sites (tertiary alicyclic amines) is 1. The lowest BCUT2D eigenvalue weighted by atomic mass is 10.1. The zero-order valence-electron chi connectivity index (χ0n) is 16.4. The minimum absolute atomic E-state index is 0.0483. The van der Waals surface area contributed by atoms with E-state index in [-0.39, 0.29) is 27.6 Å². The number of amides is 1. The summed E-state index contributed by atoms with van der Waals surface area (Å²) in [6, 6.07) is 9.30. The van der Waals surface area contributed by atoms with Gasteiger partial charge in [-0.15, -0.1) is 4.40 Å². The van der Waals surface area contributed by atoms with Gasteiger partial charge in [0.25, 0.3) is 21.6 Å². The molecule has 0 radical (unpaired) electrons. The Morgan fingerprint density at radius 3 is 2.67 bits per heavy atom. The number of benzene rings is 2. The van der Waals surface area contributed by atoms with Crippen molar-refractivity contribution in [2.45, 2.75) is 17.7 Å². The molecule has 0 aromatic heterocycles. The highest BCUT2D eigenvalue weighted by atomic mass is 32.2. The maximum atomic E-state index is 12.7. The molecule has 0 bridgehead atoms. The zero-order chi connectivity index (χ0) is 21.9. The fourth-order valence-corrected chi connectivity index (χ4v) is 4.16. The standard InChI is InChI=1S/C19H20N4O6S/c1-22-10-4-7-18(22)21-30(27,28)15-6-3-5-13(11-15)20-19(24)16-12-14(23(25)26)8-9-17(16)29-2/h3,5-6,8-9,11-12H,4,7,10H2,1-2H3,(H,20,24). The van der Waals surface area contributed by atoms with Crippen LogP contribution in [0.25, 0.3) is 0 Å². The van der Waals surface area contributed by atoms with Crippen LogP contribution < -0.4 is 10.1 Å². The summed E-state index contributed by atoms with van der Waals surface area (Å²) < 4.78 is 34.3. The highest BCUT2D eigenvalue weighted by Gasteiger charge is 2.22. The van der Waals surface area contributed by atoms with Crippen molar-refractivity contribution in [3.63, 3.8) is 0 Å². The van der Waals surface area contributed by atoms with Crippen molar-refractivity contribution >= 4 is 33.1 Å². The van der Waals surface area contributed by atoms with Gasteiger partial charge in [0, 0.05) is 37.8 Å². The second-order valence-electron chi connectivity index (χ2n) is 6.63. The Hall–Kier alpha value is -3.47. The van der Waals surface area contributed by atoms with Gasteiger partial charge in [-0.05, 0) is 30.7 Å². The maximum absolute atomic E-state index is 12.7. The summed E-state index contributed by atoms with van der Waals surface area (Å²) in [5.74, 6) is -0.0322. The van der Waals surface area contributed by atoms with Crippen LogP contribution in [0.15, 0.2) is 51.8 Å². The van der Waals surface area contributed by atoms with Crippen LogP contribution >= 0.6 is 0 Å². The van der Waals surface area contributed by atoms with E-state index in [2.05, 4.69) is 9.71 Å². The van der Waals surface area contributed by atoms with Crippen molar-refractivity contribution in [2.24, 2.45) is 4.40 Å². The average Bonchev–Trinajstić information content (AvgIpc) is 3.11. The molecule has 2 aromatic carbocycles. The van der Waals surface area contributed by atoms with Crippen molar-refractivity contribution in [1.82, 2.24) is 4.90 Å². The number of sulfonamides is 1. The Balaban J connectivity index is 1.88. The molecular formula is C19H20N4O6S. The van der Waals surface area contributed by atoms with Gasteiger partial charge in [0.15, 0.2) is 0 Å². The molecule has 0 spiro atoms. The first-order valence-electron chi connectivity index (χ1n) is 9.00. The lowest BCUT2D eigenvalue weighted by molar-refractivity contribution is -0.384. The van der Waals surface area contributed by atoms with Crippen LogP contribution in [-0.2, 0) is 10.0 Å². The number of nitrogens with one attached hydrogen (secondary N) is 1. The van der Waals surface area contributed by atoms with Crippen LogP contribution in [0.1, 0.15) is 23.2 Å². The summed E-state index contributed by atoms with van der Waals surface area (Å²) in [7, 11) is -0.830. The third-order valence-electron chi connectivity index (χ3n) is 4.59. The molecule has 30 heavy (non-hydrogen) atoms. The molecule has 1 aliphatic heterocycles. The number of nitro benzene ring substituents is 1. The van der Waals surface area contributed by atoms with Crippen molar-refractivity contribution < 1.29 is 22.9 Å². The molecule has 11 heteroatoms. The molecule has 0 aliphatic carbocycles. The van der Waals surface area contributed by atoms with E-state index in [1.165, 1.54) is 43.5 Å². The van der Waals surface area contributed by atoms with Crippen LogP contribution in [-0.4, -0.2) is 50.7 Å². The second-order valence-corrected chi connectivity index (χ2v) is 8.24. The van der Waals surface area contributed by atoms with E-state index in [1.54, 1.807) is 11.9 Å². The predicted octanol–water partition coefficient (Wildman–Crippen LogP) is 2.67. The van der Waals surface area contributed by atoms with Crippen molar-refractivity contribution in [3.8, 4) is 5.75 Å². The van der Waals surface area contributed by atoms with E-state index >= 15 is 0 Å². The van der Waals surface area contributed by atoms with Crippen LogP contribution in [0.4, 0.5) is 11.4 Å². The number of anilines is 1. The molecule has 1 N–H and O–H groups in total. The molecule has 1 fully saturated rings. The Morgan fingerprint density at radius 2 is 2.03 bits per heavy atom. The van der Waals surface area contributed by atoms with Gasteiger partial charge in [0.1, 0.15) is 11.6 Å². The Morgan fingerprint density at radius 1 is 1.27 bits per heavy atom. The van der Waals surface area contributed by atoms with Gasteiger partial charge in [-0.25, -0.2) is 0 Å². The van der Waals surface area contributed by atoms with E-state index in [4.69, 9.17) is 4.74 Å². The van der Waals surface area contributed by atoms with Gasteiger partial charge in [0.05, 0.1) is 22.5 Å². The number of carbonyl (C=O) groups is 1. The van der Waals surface area contributed by atoms with E-state index in [0.717, 1.165) is 19.0 Å². The molecule has 158 valence electrons. The minimum atomic E-state index is -3.95. The summed E-state index contributed by atoms with van der Waals surface area (Å²) >= 11 is 0. The maximum Gasteiger partial charge on any atom is 0.284 e. The van der Waals surface area contributed by atoms with Crippen molar-refractivity contribution in [1.29, 1.82) is 0 Å². The second kappa shape index (κ2) is 8.49. The predicted molar refractivity (Wildman–Crippen MR) is 111 cm³/mol. The number of amidine groups is 1. The monoisotopic (exact) mass is 432 g/mol. The lowest BCUT2D eigenvalue weighted by Crippen LogP contribution is -2.20. The minimum Gasteiger partial charge on any atom is -0.496 e. The molecule has 10 nitrogen and oxygen atoms in total. The quantitative estimate of drug-likeness (QED) is 0.548. The first kappa shape index (κ1) is 21.2. The molecule has 2 aromatic rings. The summed E-state index contributed by atoms with van der Waals surface area (Å²) in [6.07, 6.45) is 1.42. The molecule has 0 atom stereocenters. The number of non-ortho nitro benzene ring substituents is 1. The fraction of sp³-hybridized carbons (Fsp3) is 0.263. The summed E-state index contributed by atoms with van der Waals surface area (Å²) in [4.78, 5) is 24.8. The number of methoxy groups -OCH3 is 1. The Bertz CT molecular complexity index is 1130. The van der Waals surface area contributed by atoms with E-state index in [0.29, 0.717) is 12.3 Å².